The molecular formula is C18H15Cl2N5O4. The summed E-state index contributed by atoms with van der Waals surface area (Å²) in [7, 11) is 0. The van der Waals surface area contributed by atoms with Crippen LogP contribution in [0.1, 0.15) is 25.1 Å². The third kappa shape index (κ3) is 3.32. The van der Waals surface area contributed by atoms with Gasteiger partial charge in [-0.05, 0) is 38.0 Å². The van der Waals surface area contributed by atoms with E-state index in [0.717, 1.165) is 16.8 Å². The first-order valence-corrected chi connectivity index (χ1v) is 9.42. The van der Waals surface area contributed by atoms with Crippen LogP contribution in [0, 0.1) is 0 Å². The molecule has 9 nitrogen and oxygen atoms in total. The van der Waals surface area contributed by atoms with Crippen molar-refractivity contribution in [2.75, 3.05) is 5.73 Å². The van der Waals surface area contributed by atoms with Crippen LogP contribution in [-0.4, -0.2) is 19.3 Å². The van der Waals surface area contributed by atoms with Gasteiger partial charge in [0.2, 0.25) is 5.82 Å². The van der Waals surface area contributed by atoms with E-state index in [0.29, 0.717) is 12.2 Å². The third-order valence-corrected chi connectivity index (χ3v) is 5.28. The molecule has 0 fully saturated rings. The molecule has 150 valence electrons. The number of hydrogen-bond donors (Lipinski definition) is 2. The number of ether oxygens (including phenoxy) is 1. The van der Waals surface area contributed by atoms with Crippen molar-refractivity contribution in [2.45, 2.75) is 25.8 Å². The quantitative estimate of drug-likeness (QED) is 0.649. The first-order valence-electron chi connectivity index (χ1n) is 8.67. The monoisotopic (exact) mass is 435 g/mol. The van der Waals surface area contributed by atoms with Gasteiger partial charge in [0.15, 0.2) is 5.75 Å². The van der Waals surface area contributed by atoms with Crippen LogP contribution in [-0.2, 0) is 6.42 Å². The molecule has 0 amide bonds. The van der Waals surface area contributed by atoms with Gasteiger partial charge in [-0.15, -0.1) is 5.10 Å². The zero-order valence-corrected chi connectivity index (χ0v) is 16.6. The van der Waals surface area contributed by atoms with Gasteiger partial charge in [-0.2, -0.15) is 4.68 Å². The minimum Gasteiger partial charge on any atom is -0.452 e. The fourth-order valence-corrected chi connectivity index (χ4v) is 3.89. The standard InChI is InChI=1S/C18H15Cl2N5O4/c1-8-2-3-12-13(4-5-14(26)24(8)12)29-15-10(19)6-9(7-11(15)20)25-18(28)22-17(27)16(21)23-25/h4-8H,2-3H2,1H3,(H2,21,23)(H,22,27,28). The SMILES string of the molecule is CC1CCc2c(Oc3c(Cl)cc(-n4nc(N)c(=O)[nH]c4=O)cc3Cl)ccc(=O)n21. The van der Waals surface area contributed by atoms with Crippen molar-refractivity contribution in [3.8, 4) is 17.2 Å². The van der Waals surface area contributed by atoms with Crippen molar-refractivity contribution >= 4 is 29.0 Å². The van der Waals surface area contributed by atoms with Crippen molar-refractivity contribution < 1.29 is 4.74 Å². The Hall–Kier alpha value is -3.04. The summed E-state index contributed by atoms with van der Waals surface area (Å²) in [5.74, 6) is 0.272. The van der Waals surface area contributed by atoms with Gasteiger partial charge in [0.25, 0.3) is 11.1 Å². The lowest BCUT2D eigenvalue weighted by atomic mass is 10.2. The molecule has 0 bridgehead atoms. The zero-order valence-electron chi connectivity index (χ0n) is 15.1. The average Bonchev–Trinajstić information content (AvgIpc) is 3.05. The van der Waals surface area contributed by atoms with Crippen molar-refractivity contribution in [1.29, 1.82) is 0 Å². The molecule has 1 unspecified atom stereocenters. The van der Waals surface area contributed by atoms with Gasteiger partial charge in [0.05, 0.1) is 21.4 Å². The second kappa shape index (κ2) is 7.09. The second-order valence-corrected chi connectivity index (χ2v) is 7.45. The highest BCUT2D eigenvalue weighted by Crippen LogP contribution is 2.40. The van der Waals surface area contributed by atoms with E-state index in [-0.39, 0.29) is 38.9 Å². The number of aromatic nitrogens is 4. The van der Waals surface area contributed by atoms with Crippen LogP contribution in [0.2, 0.25) is 10.0 Å². The van der Waals surface area contributed by atoms with E-state index in [1.165, 1.54) is 18.2 Å². The van der Waals surface area contributed by atoms with Crippen molar-refractivity contribution in [1.82, 2.24) is 19.3 Å². The first-order chi connectivity index (χ1) is 13.8. The molecule has 2 aromatic heterocycles. The molecule has 0 saturated carbocycles. The maximum Gasteiger partial charge on any atom is 0.349 e. The summed E-state index contributed by atoms with van der Waals surface area (Å²) in [6, 6.07) is 5.92. The number of nitrogens with zero attached hydrogens (tertiary/aromatic N) is 3. The fourth-order valence-electron chi connectivity index (χ4n) is 3.33. The van der Waals surface area contributed by atoms with Crippen LogP contribution in [0.3, 0.4) is 0 Å². The average molecular weight is 436 g/mol. The molecule has 1 aromatic carbocycles. The van der Waals surface area contributed by atoms with Gasteiger partial charge in [-0.3, -0.25) is 14.6 Å². The summed E-state index contributed by atoms with van der Waals surface area (Å²) in [6.45, 7) is 1.97. The minimum absolute atomic E-state index is 0.0815. The molecule has 0 aliphatic carbocycles. The number of pyridine rings is 1. The number of anilines is 1. The van der Waals surface area contributed by atoms with Gasteiger partial charge in [-0.1, -0.05) is 23.2 Å². The normalized spacial score (nSPS) is 15.3. The summed E-state index contributed by atoms with van der Waals surface area (Å²) >= 11 is 12.7. The lowest BCUT2D eigenvalue weighted by Crippen LogP contribution is -2.33. The molecular weight excluding hydrogens is 421 g/mol. The predicted molar refractivity (Wildman–Crippen MR) is 109 cm³/mol. The van der Waals surface area contributed by atoms with Crippen LogP contribution in [0.15, 0.2) is 38.6 Å². The molecule has 11 heteroatoms. The van der Waals surface area contributed by atoms with E-state index in [9.17, 15) is 14.4 Å². The van der Waals surface area contributed by atoms with Crippen molar-refractivity contribution in [3.63, 3.8) is 0 Å². The minimum atomic E-state index is -0.792. The number of benzene rings is 1. The number of halogens is 2. The zero-order chi connectivity index (χ0) is 20.9. The Morgan fingerprint density at radius 2 is 1.90 bits per heavy atom. The number of nitrogens with one attached hydrogen (secondary N) is 1. The van der Waals surface area contributed by atoms with Crippen LogP contribution in [0.25, 0.3) is 5.69 Å². The lowest BCUT2D eigenvalue weighted by Gasteiger charge is -2.15. The van der Waals surface area contributed by atoms with Crippen LogP contribution >= 0.6 is 23.2 Å². The first kappa shape index (κ1) is 19.3. The summed E-state index contributed by atoms with van der Waals surface area (Å²) < 4.78 is 8.50. The van der Waals surface area contributed by atoms with E-state index in [2.05, 4.69) is 10.1 Å². The summed E-state index contributed by atoms with van der Waals surface area (Å²) in [6.07, 6.45) is 1.52. The highest BCUT2D eigenvalue weighted by Gasteiger charge is 2.24. The largest absolute Gasteiger partial charge is 0.452 e. The highest BCUT2D eigenvalue weighted by atomic mass is 35.5. The van der Waals surface area contributed by atoms with Gasteiger partial charge < -0.3 is 15.0 Å². The number of rotatable bonds is 3. The van der Waals surface area contributed by atoms with Gasteiger partial charge in [-0.25, -0.2) is 4.79 Å². The summed E-state index contributed by atoms with van der Waals surface area (Å²) in [4.78, 5) is 37.6. The number of aromatic amines is 1. The number of fused-ring (bicyclic) bond motifs is 1. The maximum absolute atomic E-state index is 12.1. The van der Waals surface area contributed by atoms with Gasteiger partial charge in [0.1, 0.15) is 5.75 Å². The van der Waals surface area contributed by atoms with E-state index >= 15 is 0 Å². The molecule has 3 aromatic rings. The molecule has 1 atom stereocenters. The molecule has 4 rings (SSSR count). The maximum atomic E-state index is 12.1. The lowest BCUT2D eigenvalue weighted by molar-refractivity contribution is 0.467. The van der Waals surface area contributed by atoms with Crippen LogP contribution in [0.4, 0.5) is 5.82 Å². The van der Waals surface area contributed by atoms with E-state index in [4.69, 9.17) is 33.7 Å². The Labute approximate surface area is 173 Å². The number of H-pyrrole nitrogens is 1. The number of hydrogen-bond acceptors (Lipinski definition) is 6. The van der Waals surface area contributed by atoms with E-state index in [1.807, 2.05) is 6.92 Å². The smallest absolute Gasteiger partial charge is 0.349 e. The van der Waals surface area contributed by atoms with Crippen molar-refractivity contribution in [2.24, 2.45) is 0 Å². The molecule has 1 aliphatic rings. The Bertz CT molecular complexity index is 1290. The van der Waals surface area contributed by atoms with Crippen LogP contribution in [0.5, 0.6) is 11.5 Å². The molecule has 29 heavy (non-hydrogen) atoms. The molecule has 0 spiro atoms. The summed E-state index contributed by atoms with van der Waals surface area (Å²) in [5, 5.41) is 3.97. The summed E-state index contributed by atoms with van der Waals surface area (Å²) in [5.41, 5.74) is 4.78. The number of nitrogens with two attached hydrogens (primary N) is 1. The highest BCUT2D eigenvalue weighted by molar-refractivity contribution is 6.37. The second-order valence-electron chi connectivity index (χ2n) is 6.64. The van der Waals surface area contributed by atoms with Crippen molar-refractivity contribution in [3.05, 3.63) is 71.2 Å². The predicted octanol–water partition coefficient (Wildman–Crippen LogP) is 2.27. The van der Waals surface area contributed by atoms with Gasteiger partial charge in [0, 0.05) is 12.1 Å². The van der Waals surface area contributed by atoms with E-state index in [1.54, 1.807) is 10.6 Å². The topological polar surface area (TPSA) is 125 Å². The Morgan fingerprint density at radius 3 is 2.59 bits per heavy atom. The molecule has 3 heterocycles. The molecule has 3 N–H and O–H groups in total. The Balaban J connectivity index is 1.77. The third-order valence-electron chi connectivity index (χ3n) is 4.72. The molecule has 0 saturated heterocycles. The molecule has 0 radical (unpaired) electrons. The Kier molecular flexibility index (Phi) is 4.71. The van der Waals surface area contributed by atoms with E-state index < -0.39 is 11.2 Å². The van der Waals surface area contributed by atoms with Gasteiger partial charge >= 0.3 is 5.69 Å². The number of nitrogen functional groups attached to an aromatic ring is 1. The van der Waals surface area contributed by atoms with Crippen LogP contribution < -0.4 is 27.3 Å². The fraction of sp³-hybridized carbons (Fsp3) is 0.222. The molecule has 1 aliphatic heterocycles. The Morgan fingerprint density at radius 1 is 1.21 bits per heavy atom.